The first-order valence-electron chi connectivity index (χ1n) is 10.1. The van der Waals surface area contributed by atoms with Crippen LogP contribution in [0.4, 0.5) is 5.69 Å². The highest BCUT2D eigenvalue weighted by atomic mass is 79.9. The van der Waals surface area contributed by atoms with Gasteiger partial charge in [-0.15, -0.1) is 0 Å². The fourth-order valence-corrected chi connectivity index (χ4v) is 4.27. The van der Waals surface area contributed by atoms with Crippen molar-refractivity contribution in [2.24, 2.45) is 0 Å². The van der Waals surface area contributed by atoms with Gasteiger partial charge in [0.25, 0.3) is 5.91 Å². The Hall–Kier alpha value is -2.18. The first-order chi connectivity index (χ1) is 13.8. The van der Waals surface area contributed by atoms with Crippen LogP contribution in [0.15, 0.2) is 22.7 Å². The number of carbonyl (C=O) groups is 2. The van der Waals surface area contributed by atoms with Gasteiger partial charge in [0.05, 0.1) is 5.57 Å². The van der Waals surface area contributed by atoms with E-state index in [1.54, 1.807) is 0 Å². The molecule has 0 fully saturated rings. The van der Waals surface area contributed by atoms with Crippen LogP contribution in [0.2, 0.25) is 0 Å². The lowest BCUT2D eigenvalue weighted by Gasteiger charge is -2.17. The van der Waals surface area contributed by atoms with E-state index in [4.69, 9.17) is 0 Å². The highest BCUT2D eigenvalue weighted by Crippen LogP contribution is 2.35. The summed E-state index contributed by atoms with van der Waals surface area (Å²) < 4.78 is 0.919. The number of nitrogens with zero attached hydrogens (tertiary/aromatic N) is 1. The van der Waals surface area contributed by atoms with Crippen molar-refractivity contribution in [1.29, 1.82) is 0 Å². The van der Waals surface area contributed by atoms with Crippen molar-refractivity contribution in [1.82, 2.24) is 9.88 Å². The number of fused-ring (bicyclic) bond motifs is 1. The zero-order valence-corrected chi connectivity index (χ0v) is 19.1. The number of hydrogen-bond donors (Lipinski definition) is 2. The van der Waals surface area contributed by atoms with E-state index in [2.05, 4.69) is 45.0 Å². The highest BCUT2D eigenvalue weighted by molar-refractivity contribution is 9.10. The largest absolute Gasteiger partial charge is 0.358 e. The molecule has 1 aromatic carbocycles. The Bertz CT molecular complexity index is 971. The van der Waals surface area contributed by atoms with Crippen LogP contribution in [0.5, 0.6) is 0 Å². The standard InChI is InChI=1S/C23H28BrN3O2/c1-5-27(6-2)11-7-8-21(28)22-14(3)20(25-15(22)4)13-18-17-12-16(24)9-10-19(17)26-23(18)29/h9-10,12-13,25H,5-8,11H2,1-4H3,(H,26,29)/b18-13-. The SMILES string of the molecule is CCN(CC)CCCC(=O)c1c(C)[nH]c(/C=C2\C(=O)Nc3ccc(Br)cc32)c1C. The monoisotopic (exact) mass is 457 g/mol. The minimum atomic E-state index is -0.128. The summed E-state index contributed by atoms with van der Waals surface area (Å²) in [7, 11) is 0. The van der Waals surface area contributed by atoms with Gasteiger partial charge in [-0.3, -0.25) is 9.59 Å². The number of halogens is 1. The second-order valence-corrected chi connectivity index (χ2v) is 8.34. The maximum absolute atomic E-state index is 12.9. The third-order valence-electron chi connectivity index (χ3n) is 5.58. The summed E-state index contributed by atoms with van der Waals surface area (Å²) in [4.78, 5) is 31.0. The summed E-state index contributed by atoms with van der Waals surface area (Å²) in [6.07, 6.45) is 3.23. The molecule has 2 heterocycles. The molecule has 1 aromatic heterocycles. The number of benzene rings is 1. The lowest BCUT2D eigenvalue weighted by Crippen LogP contribution is -2.24. The molecule has 0 unspecified atom stereocenters. The maximum atomic E-state index is 12.9. The number of hydrogen-bond acceptors (Lipinski definition) is 3. The molecule has 0 saturated heterocycles. The van der Waals surface area contributed by atoms with Gasteiger partial charge in [0.1, 0.15) is 0 Å². The molecule has 154 valence electrons. The van der Waals surface area contributed by atoms with E-state index in [9.17, 15) is 9.59 Å². The molecule has 1 aliphatic rings. The number of nitrogens with one attached hydrogen (secondary N) is 2. The van der Waals surface area contributed by atoms with Crippen molar-refractivity contribution in [2.75, 3.05) is 25.0 Å². The number of anilines is 1. The first-order valence-corrected chi connectivity index (χ1v) is 10.9. The molecule has 0 bridgehead atoms. The van der Waals surface area contributed by atoms with E-state index >= 15 is 0 Å². The Labute approximate surface area is 180 Å². The molecule has 0 aliphatic carbocycles. The average Bonchev–Trinajstić information content (AvgIpc) is 3.14. The third kappa shape index (κ3) is 4.54. The van der Waals surface area contributed by atoms with Crippen LogP contribution in [-0.4, -0.2) is 41.2 Å². The predicted molar refractivity (Wildman–Crippen MR) is 122 cm³/mol. The van der Waals surface area contributed by atoms with Crippen molar-refractivity contribution >= 4 is 45.0 Å². The van der Waals surface area contributed by atoms with E-state index in [0.29, 0.717) is 12.0 Å². The summed E-state index contributed by atoms with van der Waals surface area (Å²) in [5, 5.41) is 2.89. The molecule has 2 aromatic rings. The van der Waals surface area contributed by atoms with Crippen molar-refractivity contribution in [2.45, 2.75) is 40.5 Å². The van der Waals surface area contributed by atoms with Gasteiger partial charge in [-0.2, -0.15) is 0 Å². The third-order valence-corrected chi connectivity index (χ3v) is 6.07. The van der Waals surface area contributed by atoms with Crippen molar-refractivity contribution < 1.29 is 9.59 Å². The Morgan fingerprint density at radius 2 is 1.93 bits per heavy atom. The van der Waals surface area contributed by atoms with E-state index in [1.165, 1.54) is 0 Å². The number of aryl methyl sites for hydroxylation is 1. The van der Waals surface area contributed by atoms with Crippen molar-refractivity contribution in [3.8, 4) is 0 Å². The van der Waals surface area contributed by atoms with Crippen LogP contribution >= 0.6 is 15.9 Å². The lowest BCUT2D eigenvalue weighted by molar-refractivity contribution is -0.110. The second-order valence-electron chi connectivity index (χ2n) is 7.42. The van der Waals surface area contributed by atoms with Crippen LogP contribution in [-0.2, 0) is 4.79 Å². The van der Waals surface area contributed by atoms with Crippen LogP contribution in [0.1, 0.15) is 59.6 Å². The number of aromatic amines is 1. The van der Waals surface area contributed by atoms with Gasteiger partial charge in [-0.25, -0.2) is 0 Å². The number of rotatable bonds is 8. The molecule has 0 saturated carbocycles. The zero-order valence-electron chi connectivity index (χ0n) is 17.5. The number of Topliss-reactive ketones (excluding diaryl/α,β-unsaturated/α-hetero) is 1. The molecule has 5 nitrogen and oxygen atoms in total. The number of H-pyrrole nitrogens is 1. The van der Waals surface area contributed by atoms with E-state index in [0.717, 1.165) is 64.3 Å². The summed E-state index contributed by atoms with van der Waals surface area (Å²) in [6, 6.07) is 5.72. The van der Waals surface area contributed by atoms with Gasteiger partial charge in [0.2, 0.25) is 0 Å². The predicted octanol–water partition coefficient (Wildman–Crippen LogP) is 5.19. The van der Waals surface area contributed by atoms with E-state index in [-0.39, 0.29) is 11.7 Å². The van der Waals surface area contributed by atoms with Crippen LogP contribution in [0, 0.1) is 13.8 Å². The minimum Gasteiger partial charge on any atom is -0.358 e. The van der Waals surface area contributed by atoms with E-state index in [1.807, 2.05) is 38.1 Å². The van der Waals surface area contributed by atoms with Crippen molar-refractivity contribution in [3.05, 3.63) is 50.8 Å². The molecule has 0 spiro atoms. The van der Waals surface area contributed by atoms with Gasteiger partial charge in [-0.1, -0.05) is 29.8 Å². The van der Waals surface area contributed by atoms with Crippen LogP contribution < -0.4 is 5.32 Å². The molecule has 2 N–H and O–H groups in total. The van der Waals surface area contributed by atoms with Gasteiger partial charge in [0, 0.05) is 39.1 Å². The Kier molecular flexibility index (Phi) is 6.75. The van der Waals surface area contributed by atoms with Gasteiger partial charge in [0.15, 0.2) is 5.78 Å². The van der Waals surface area contributed by atoms with Gasteiger partial charge < -0.3 is 15.2 Å². The minimum absolute atomic E-state index is 0.128. The number of amides is 1. The average molecular weight is 458 g/mol. The zero-order chi connectivity index (χ0) is 21.1. The summed E-state index contributed by atoms with van der Waals surface area (Å²) in [5.74, 6) is 0.0314. The number of aromatic nitrogens is 1. The molecule has 0 radical (unpaired) electrons. The molecule has 1 amide bonds. The maximum Gasteiger partial charge on any atom is 0.256 e. The summed E-state index contributed by atoms with van der Waals surface area (Å²) in [6.45, 7) is 11.1. The fraction of sp³-hybridized carbons (Fsp3) is 0.391. The molecule has 1 aliphatic heterocycles. The van der Waals surface area contributed by atoms with Crippen molar-refractivity contribution in [3.63, 3.8) is 0 Å². The molecule has 29 heavy (non-hydrogen) atoms. The molecule has 0 atom stereocenters. The quantitative estimate of drug-likeness (QED) is 0.423. The van der Waals surface area contributed by atoms with Crippen LogP contribution in [0.25, 0.3) is 11.6 Å². The smallest absolute Gasteiger partial charge is 0.256 e. The molecular weight excluding hydrogens is 430 g/mol. The van der Waals surface area contributed by atoms with Crippen LogP contribution in [0.3, 0.4) is 0 Å². The summed E-state index contributed by atoms with van der Waals surface area (Å²) >= 11 is 3.47. The summed E-state index contributed by atoms with van der Waals surface area (Å²) in [5.41, 5.74) is 5.60. The lowest BCUT2D eigenvalue weighted by atomic mass is 10.0. The van der Waals surface area contributed by atoms with Gasteiger partial charge >= 0.3 is 0 Å². The van der Waals surface area contributed by atoms with E-state index < -0.39 is 0 Å². The molecule has 6 heteroatoms. The Balaban J connectivity index is 1.83. The fourth-order valence-electron chi connectivity index (χ4n) is 3.91. The Morgan fingerprint density at radius 1 is 1.21 bits per heavy atom. The first kappa shape index (κ1) is 21.5. The van der Waals surface area contributed by atoms with Gasteiger partial charge in [-0.05, 0) is 69.7 Å². The number of ketones is 1. The Morgan fingerprint density at radius 3 is 2.62 bits per heavy atom. The topological polar surface area (TPSA) is 65.2 Å². The molecular formula is C23H28BrN3O2. The highest BCUT2D eigenvalue weighted by Gasteiger charge is 2.25. The molecule has 3 rings (SSSR count). The second kappa shape index (κ2) is 9.09. The number of carbonyl (C=O) groups excluding carboxylic acids is 2. The normalized spacial score (nSPS) is 14.6.